The highest BCUT2D eigenvalue weighted by molar-refractivity contribution is 5.86. The number of ether oxygens (including phenoxy) is 1. The predicted octanol–water partition coefficient (Wildman–Crippen LogP) is 7.36. The SMILES string of the molecule is CCCCCCCCCCCc1cnc(C(=O)Oc2ccc(CC(C)CC)cc2)nc1. The Bertz CT molecular complexity index is 741. The van der Waals surface area contributed by atoms with Crippen LogP contribution in [0, 0.1) is 5.92 Å². The molecule has 2 rings (SSSR count). The number of carbonyl (C=O) groups excluding carboxylic acids is 1. The Morgan fingerprint density at radius 1 is 0.839 bits per heavy atom. The second-order valence-electron chi connectivity index (χ2n) is 8.74. The number of aromatic nitrogens is 2. The number of esters is 1. The van der Waals surface area contributed by atoms with Gasteiger partial charge in [0, 0.05) is 12.4 Å². The molecule has 1 heterocycles. The number of unbranched alkanes of at least 4 members (excludes halogenated alkanes) is 8. The molecule has 0 fully saturated rings. The van der Waals surface area contributed by atoms with Gasteiger partial charge in [-0.3, -0.25) is 0 Å². The maximum atomic E-state index is 12.3. The second-order valence-corrected chi connectivity index (χ2v) is 8.74. The fourth-order valence-corrected chi connectivity index (χ4v) is 3.62. The van der Waals surface area contributed by atoms with E-state index in [2.05, 4.69) is 30.7 Å². The van der Waals surface area contributed by atoms with E-state index in [1.165, 1.54) is 56.9 Å². The van der Waals surface area contributed by atoms with Gasteiger partial charge in [-0.25, -0.2) is 14.8 Å². The molecule has 0 spiro atoms. The zero-order chi connectivity index (χ0) is 22.3. The summed E-state index contributed by atoms with van der Waals surface area (Å²) in [5.41, 5.74) is 2.33. The van der Waals surface area contributed by atoms with Gasteiger partial charge in [-0.05, 0) is 48.4 Å². The minimum atomic E-state index is -0.510. The first-order chi connectivity index (χ1) is 15.1. The van der Waals surface area contributed by atoms with Gasteiger partial charge < -0.3 is 4.74 Å². The van der Waals surface area contributed by atoms with Crippen LogP contribution in [0.15, 0.2) is 36.7 Å². The van der Waals surface area contributed by atoms with Crippen LogP contribution in [0.25, 0.3) is 0 Å². The average molecular weight is 425 g/mol. The first-order valence-electron chi connectivity index (χ1n) is 12.2. The third-order valence-corrected chi connectivity index (χ3v) is 5.87. The fourth-order valence-electron chi connectivity index (χ4n) is 3.62. The summed E-state index contributed by atoms with van der Waals surface area (Å²) in [5.74, 6) is 0.778. The highest BCUT2D eigenvalue weighted by atomic mass is 16.5. The van der Waals surface area contributed by atoms with Gasteiger partial charge >= 0.3 is 5.97 Å². The molecule has 0 saturated heterocycles. The molecule has 1 aromatic heterocycles. The molecule has 0 amide bonds. The Balaban J connectivity index is 1.68. The molecule has 4 heteroatoms. The van der Waals surface area contributed by atoms with Crippen LogP contribution >= 0.6 is 0 Å². The van der Waals surface area contributed by atoms with Crippen molar-refractivity contribution >= 4 is 5.97 Å². The molecule has 0 aliphatic rings. The molecule has 2 aromatic rings. The third-order valence-electron chi connectivity index (χ3n) is 5.87. The van der Waals surface area contributed by atoms with E-state index < -0.39 is 5.97 Å². The number of hydrogen-bond donors (Lipinski definition) is 0. The lowest BCUT2D eigenvalue weighted by Gasteiger charge is -2.09. The zero-order valence-corrected chi connectivity index (χ0v) is 19.7. The molecule has 170 valence electrons. The van der Waals surface area contributed by atoms with Crippen molar-refractivity contribution in [1.82, 2.24) is 9.97 Å². The first-order valence-corrected chi connectivity index (χ1v) is 12.2. The van der Waals surface area contributed by atoms with Crippen LogP contribution in [0.1, 0.15) is 107 Å². The molecule has 0 aliphatic carbocycles. The van der Waals surface area contributed by atoms with Crippen LogP contribution in [0.3, 0.4) is 0 Å². The number of aryl methyl sites for hydroxylation is 1. The third kappa shape index (κ3) is 10.1. The highest BCUT2D eigenvalue weighted by Gasteiger charge is 2.12. The molecular weight excluding hydrogens is 384 g/mol. The summed E-state index contributed by atoms with van der Waals surface area (Å²) in [5, 5.41) is 0. The minimum Gasteiger partial charge on any atom is -0.421 e. The van der Waals surface area contributed by atoms with Crippen LogP contribution in [0.2, 0.25) is 0 Å². The molecule has 1 unspecified atom stereocenters. The zero-order valence-electron chi connectivity index (χ0n) is 19.7. The standard InChI is InChI=1S/C27H40N2O2/c1-4-6-7-8-9-10-11-12-13-14-24-20-28-26(29-21-24)27(30)31-25-17-15-23(16-18-25)19-22(3)5-2/h15-18,20-22H,4-14,19H2,1-3H3. The van der Waals surface area contributed by atoms with E-state index >= 15 is 0 Å². The molecule has 31 heavy (non-hydrogen) atoms. The van der Waals surface area contributed by atoms with Crippen molar-refractivity contribution in [2.45, 2.75) is 97.8 Å². The van der Waals surface area contributed by atoms with E-state index in [0.29, 0.717) is 11.7 Å². The predicted molar refractivity (Wildman–Crippen MR) is 128 cm³/mol. The van der Waals surface area contributed by atoms with Crippen molar-refractivity contribution in [3.05, 3.63) is 53.6 Å². The lowest BCUT2D eigenvalue weighted by atomic mass is 9.99. The van der Waals surface area contributed by atoms with E-state index in [4.69, 9.17) is 4.74 Å². The molecule has 0 radical (unpaired) electrons. The van der Waals surface area contributed by atoms with Crippen molar-refractivity contribution in [2.24, 2.45) is 5.92 Å². The van der Waals surface area contributed by atoms with Gasteiger partial charge in [0.25, 0.3) is 0 Å². The number of benzene rings is 1. The topological polar surface area (TPSA) is 52.1 Å². The molecule has 0 bridgehead atoms. The maximum Gasteiger partial charge on any atom is 0.381 e. The summed E-state index contributed by atoms with van der Waals surface area (Å²) in [7, 11) is 0. The van der Waals surface area contributed by atoms with E-state index in [-0.39, 0.29) is 5.82 Å². The molecule has 0 N–H and O–H groups in total. The summed E-state index contributed by atoms with van der Waals surface area (Å²) < 4.78 is 5.42. The highest BCUT2D eigenvalue weighted by Crippen LogP contribution is 2.17. The Morgan fingerprint density at radius 2 is 1.42 bits per heavy atom. The summed E-state index contributed by atoms with van der Waals surface area (Å²) in [6.45, 7) is 6.69. The van der Waals surface area contributed by atoms with Gasteiger partial charge in [-0.2, -0.15) is 0 Å². The van der Waals surface area contributed by atoms with Gasteiger partial charge in [-0.1, -0.05) is 90.7 Å². The molecule has 4 nitrogen and oxygen atoms in total. The Hall–Kier alpha value is -2.23. The van der Waals surface area contributed by atoms with E-state index in [9.17, 15) is 4.79 Å². The monoisotopic (exact) mass is 424 g/mol. The Morgan fingerprint density at radius 3 is 2.00 bits per heavy atom. The normalized spacial score (nSPS) is 12.0. The summed E-state index contributed by atoms with van der Waals surface area (Å²) in [6, 6.07) is 7.72. The maximum absolute atomic E-state index is 12.3. The smallest absolute Gasteiger partial charge is 0.381 e. The molecular formula is C27H40N2O2. The Labute approximate surface area is 188 Å². The summed E-state index contributed by atoms with van der Waals surface area (Å²) in [6.07, 6.45) is 18.5. The van der Waals surface area contributed by atoms with Gasteiger partial charge in [0.05, 0.1) is 0 Å². The molecule has 0 saturated carbocycles. The number of rotatable bonds is 15. The van der Waals surface area contributed by atoms with Crippen molar-refractivity contribution in [3.63, 3.8) is 0 Å². The molecule has 0 aliphatic heterocycles. The van der Waals surface area contributed by atoms with Gasteiger partial charge in [-0.15, -0.1) is 0 Å². The quantitative estimate of drug-likeness (QED) is 0.170. The Kier molecular flexibility index (Phi) is 11.9. The van der Waals surface area contributed by atoms with Crippen molar-refractivity contribution in [3.8, 4) is 5.75 Å². The van der Waals surface area contributed by atoms with Crippen molar-refractivity contribution < 1.29 is 9.53 Å². The van der Waals surface area contributed by atoms with Crippen molar-refractivity contribution in [2.75, 3.05) is 0 Å². The van der Waals surface area contributed by atoms with Crippen LogP contribution in [-0.2, 0) is 12.8 Å². The number of carbonyl (C=O) groups is 1. The second kappa shape index (κ2) is 14.7. The molecule has 1 aromatic carbocycles. The summed E-state index contributed by atoms with van der Waals surface area (Å²) in [4.78, 5) is 20.7. The number of nitrogens with zero attached hydrogens (tertiary/aromatic N) is 2. The van der Waals surface area contributed by atoms with E-state index in [1.54, 1.807) is 12.4 Å². The van der Waals surface area contributed by atoms with Crippen LogP contribution in [0.5, 0.6) is 5.75 Å². The number of hydrogen-bond acceptors (Lipinski definition) is 4. The first kappa shape index (κ1) is 25.0. The van der Waals surface area contributed by atoms with Crippen LogP contribution < -0.4 is 4.74 Å². The lowest BCUT2D eigenvalue weighted by molar-refractivity contribution is 0.0721. The van der Waals surface area contributed by atoms with Gasteiger partial charge in [0.1, 0.15) is 5.75 Å². The minimum absolute atomic E-state index is 0.111. The molecule has 1 atom stereocenters. The van der Waals surface area contributed by atoms with Gasteiger partial charge in [0.15, 0.2) is 0 Å². The van der Waals surface area contributed by atoms with Gasteiger partial charge in [0.2, 0.25) is 5.82 Å². The lowest BCUT2D eigenvalue weighted by Crippen LogP contribution is -2.13. The van der Waals surface area contributed by atoms with E-state index in [1.807, 2.05) is 24.3 Å². The van der Waals surface area contributed by atoms with Crippen LogP contribution in [0.4, 0.5) is 0 Å². The average Bonchev–Trinajstić information content (AvgIpc) is 2.79. The van der Waals surface area contributed by atoms with Crippen LogP contribution in [-0.4, -0.2) is 15.9 Å². The largest absolute Gasteiger partial charge is 0.421 e. The fraction of sp³-hybridized carbons (Fsp3) is 0.593. The van der Waals surface area contributed by atoms with E-state index in [0.717, 1.165) is 31.2 Å². The summed E-state index contributed by atoms with van der Waals surface area (Å²) >= 11 is 0. The van der Waals surface area contributed by atoms with Crippen molar-refractivity contribution in [1.29, 1.82) is 0 Å².